The minimum atomic E-state index is 0.222. The minimum absolute atomic E-state index is 0.222. The van der Waals surface area contributed by atoms with E-state index in [-0.39, 0.29) is 5.41 Å². The lowest BCUT2D eigenvalue weighted by atomic mass is 9.86. The van der Waals surface area contributed by atoms with Crippen LogP contribution >= 0.6 is 0 Å². The second-order valence-corrected chi connectivity index (χ2v) is 7.16. The molecule has 0 saturated carbocycles. The van der Waals surface area contributed by atoms with Crippen LogP contribution in [-0.4, -0.2) is 12.9 Å². The summed E-state index contributed by atoms with van der Waals surface area (Å²) < 4.78 is 0. The number of aryl methyl sites for hydroxylation is 1. The monoisotopic (exact) mass is 336 g/mol. The Hall–Kier alpha value is -2.22. The van der Waals surface area contributed by atoms with Gasteiger partial charge in [0.2, 0.25) is 0 Å². The van der Waals surface area contributed by atoms with Crippen molar-refractivity contribution in [2.24, 2.45) is 9.98 Å². The summed E-state index contributed by atoms with van der Waals surface area (Å²) in [5.41, 5.74) is 4.09. The quantitative estimate of drug-likeness (QED) is 0.347. The van der Waals surface area contributed by atoms with E-state index in [1.807, 2.05) is 6.08 Å². The molecule has 134 valence electrons. The second-order valence-electron chi connectivity index (χ2n) is 7.16. The van der Waals surface area contributed by atoms with Gasteiger partial charge in [0.25, 0.3) is 0 Å². The summed E-state index contributed by atoms with van der Waals surface area (Å²) in [6.07, 6.45) is 14.4. The Morgan fingerprint density at radius 2 is 1.84 bits per heavy atom. The van der Waals surface area contributed by atoms with Crippen molar-refractivity contribution in [1.29, 1.82) is 0 Å². The highest BCUT2D eigenvalue weighted by molar-refractivity contribution is 5.70. The van der Waals surface area contributed by atoms with Crippen LogP contribution in [0, 0.1) is 0 Å². The molecular weight excluding hydrogens is 304 g/mol. The van der Waals surface area contributed by atoms with Gasteiger partial charge in [0, 0.05) is 18.1 Å². The number of hydrogen-bond acceptors (Lipinski definition) is 2. The van der Waals surface area contributed by atoms with Crippen LogP contribution < -0.4 is 0 Å². The maximum atomic E-state index is 4.13. The molecule has 0 saturated heterocycles. The number of nitrogens with zero attached hydrogens (tertiary/aromatic N) is 2. The van der Waals surface area contributed by atoms with Crippen molar-refractivity contribution in [3.05, 3.63) is 72.1 Å². The molecule has 0 unspecified atom stereocenters. The number of benzene rings is 1. The Kier molecular flexibility index (Phi) is 9.46. The summed E-state index contributed by atoms with van der Waals surface area (Å²) in [6, 6.07) is 9.04. The lowest BCUT2D eigenvalue weighted by Gasteiger charge is -2.19. The number of allylic oxidation sites excluding steroid dienone is 4. The molecule has 1 aromatic carbocycles. The molecule has 1 rings (SSSR count). The normalized spacial score (nSPS) is 12.8. The van der Waals surface area contributed by atoms with Crippen LogP contribution in [0.4, 0.5) is 0 Å². The van der Waals surface area contributed by atoms with E-state index in [2.05, 4.69) is 74.4 Å². The smallest absolute Gasteiger partial charge is 0.0359 e. The van der Waals surface area contributed by atoms with Crippen LogP contribution in [0.2, 0.25) is 0 Å². The van der Waals surface area contributed by atoms with Crippen molar-refractivity contribution in [3.63, 3.8) is 0 Å². The predicted octanol–water partition coefficient (Wildman–Crippen LogP) is 6.44. The summed E-state index contributed by atoms with van der Waals surface area (Å²) in [4.78, 5) is 8.17. The van der Waals surface area contributed by atoms with E-state index in [0.29, 0.717) is 0 Å². The molecule has 0 aliphatic heterocycles. The molecular formula is C23H32N2. The van der Waals surface area contributed by atoms with Gasteiger partial charge in [0.15, 0.2) is 0 Å². The molecule has 0 amide bonds. The number of rotatable bonds is 10. The topological polar surface area (TPSA) is 24.7 Å². The molecule has 0 aliphatic rings. The van der Waals surface area contributed by atoms with E-state index in [4.69, 9.17) is 0 Å². The maximum Gasteiger partial charge on any atom is 0.0359 e. The van der Waals surface area contributed by atoms with Gasteiger partial charge in [-0.05, 0) is 55.4 Å². The van der Waals surface area contributed by atoms with Crippen LogP contribution in [0.5, 0.6) is 0 Å². The zero-order valence-corrected chi connectivity index (χ0v) is 16.0. The average Bonchev–Trinajstić information content (AvgIpc) is 2.59. The molecule has 0 atom stereocenters. The molecule has 0 aromatic heterocycles. The SMILES string of the molecule is C=C/C=N\C=C/C/C=C(\CCCCc1ccc(C(C)(C)C)cc1)N=C. The maximum absolute atomic E-state index is 4.13. The first-order valence-corrected chi connectivity index (χ1v) is 9.01. The van der Waals surface area contributed by atoms with E-state index in [0.717, 1.165) is 31.4 Å². The molecule has 2 heteroatoms. The van der Waals surface area contributed by atoms with Gasteiger partial charge in [-0.3, -0.25) is 9.98 Å². The summed E-state index contributed by atoms with van der Waals surface area (Å²) >= 11 is 0. The van der Waals surface area contributed by atoms with E-state index >= 15 is 0 Å². The largest absolute Gasteiger partial charge is 0.269 e. The van der Waals surface area contributed by atoms with Gasteiger partial charge in [-0.25, -0.2) is 0 Å². The van der Waals surface area contributed by atoms with Crippen LogP contribution in [-0.2, 0) is 11.8 Å². The third-order valence-electron chi connectivity index (χ3n) is 4.04. The van der Waals surface area contributed by atoms with E-state index < -0.39 is 0 Å². The van der Waals surface area contributed by atoms with Crippen molar-refractivity contribution in [3.8, 4) is 0 Å². The van der Waals surface area contributed by atoms with Crippen molar-refractivity contribution in [2.45, 2.75) is 58.3 Å². The summed E-state index contributed by atoms with van der Waals surface area (Å²) in [5, 5.41) is 0. The van der Waals surface area contributed by atoms with Crippen molar-refractivity contribution in [2.75, 3.05) is 0 Å². The zero-order valence-electron chi connectivity index (χ0n) is 16.0. The summed E-state index contributed by atoms with van der Waals surface area (Å²) in [5.74, 6) is 0. The van der Waals surface area contributed by atoms with E-state index in [1.165, 1.54) is 17.5 Å². The Morgan fingerprint density at radius 3 is 2.44 bits per heavy atom. The fourth-order valence-electron chi connectivity index (χ4n) is 2.49. The van der Waals surface area contributed by atoms with Gasteiger partial charge >= 0.3 is 0 Å². The second kappa shape index (κ2) is 11.4. The van der Waals surface area contributed by atoms with Crippen LogP contribution in [0.25, 0.3) is 0 Å². The Morgan fingerprint density at radius 1 is 1.12 bits per heavy atom. The van der Waals surface area contributed by atoms with E-state index in [1.54, 1.807) is 18.5 Å². The zero-order chi connectivity index (χ0) is 18.5. The Bertz CT molecular complexity index is 610. The van der Waals surface area contributed by atoms with Gasteiger partial charge in [0.1, 0.15) is 0 Å². The molecule has 0 N–H and O–H groups in total. The molecule has 0 heterocycles. The van der Waals surface area contributed by atoms with Crippen molar-refractivity contribution >= 4 is 12.9 Å². The van der Waals surface area contributed by atoms with Gasteiger partial charge in [-0.1, -0.05) is 69.8 Å². The van der Waals surface area contributed by atoms with Crippen molar-refractivity contribution < 1.29 is 0 Å². The van der Waals surface area contributed by atoms with Gasteiger partial charge in [-0.2, -0.15) is 0 Å². The molecule has 1 aromatic rings. The molecule has 2 nitrogen and oxygen atoms in total. The first-order valence-electron chi connectivity index (χ1n) is 9.01. The highest BCUT2D eigenvalue weighted by Gasteiger charge is 2.12. The Labute approximate surface area is 153 Å². The molecule has 0 aliphatic carbocycles. The third kappa shape index (κ3) is 8.99. The first-order chi connectivity index (χ1) is 12.0. The fraction of sp³-hybridized carbons (Fsp3) is 0.391. The van der Waals surface area contributed by atoms with Crippen LogP contribution in [0.3, 0.4) is 0 Å². The number of hydrogen-bond donors (Lipinski definition) is 0. The molecule has 0 spiro atoms. The van der Waals surface area contributed by atoms with Gasteiger partial charge < -0.3 is 0 Å². The predicted molar refractivity (Wildman–Crippen MR) is 113 cm³/mol. The van der Waals surface area contributed by atoms with Gasteiger partial charge in [0.05, 0.1) is 0 Å². The summed E-state index contributed by atoms with van der Waals surface area (Å²) in [6.45, 7) is 14.0. The van der Waals surface area contributed by atoms with Crippen LogP contribution in [0.15, 0.2) is 71.0 Å². The molecule has 25 heavy (non-hydrogen) atoms. The minimum Gasteiger partial charge on any atom is -0.269 e. The van der Waals surface area contributed by atoms with E-state index in [9.17, 15) is 0 Å². The van der Waals surface area contributed by atoms with Crippen molar-refractivity contribution in [1.82, 2.24) is 0 Å². The summed E-state index contributed by atoms with van der Waals surface area (Å²) in [7, 11) is 0. The Balaban J connectivity index is 2.35. The first kappa shape index (κ1) is 20.8. The number of aliphatic imine (C=N–C) groups is 2. The lowest BCUT2D eigenvalue weighted by molar-refractivity contribution is 0.590. The average molecular weight is 337 g/mol. The fourth-order valence-corrected chi connectivity index (χ4v) is 2.49. The molecule has 0 fully saturated rings. The number of unbranched alkanes of at least 4 members (excludes halogenated alkanes) is 1. The standard InChI is InChI=1S/C23H32N2/c1-6-18-25-19-10-9-13-22(24-5)12-8-7-11-20-14-16-21(17-15-20)23(2,3)4/h6,10,13-19H,1,5,7-9,11-12H2,2-4H3/b19-10-,22-13+,25-18-. The molecule has 0 bridgehead atoms. The van der Waals surface area contributed by atoms with Crippen LogP contribution in [0.1, 0.15) is 57.6 Å². The lowest BCUT2D eigenvalue weighted by Crippen LogP contribution is -2.10. The highest BCUT2D eigenvalue weighted by Crippen LogP contribution is 2.22. The molecule has 0 radical (unpaired) electrons. The van der Waals surface area contributed by atoms with Gasteiger partial charge in [-0.15, -0.1) is 0 Å². The third-order valence-corrected chi connectivity index (χ3v) is 4.04. The highest BCUT2D eigenvalue weighted by atomic mass is 14.7.